The van der Waals surface area contributed by atoms with Crippen LogP contribution in [-0.2, 0) is 6.42 Å². The largest absolute Gasteiger partial charge is 0.358 e. The maximum atomic E-state index is 9.07. The molecule has 0 amide bonds. The van der Waals surface area contributed by atoms with Gasteiger partial charge in [0, 0.05) is 30.5 Å². The second kappa shape index (κ2) is 4.03. The quantitative estimate of drug-likeness (QED) is 0.770. The number of fused-ring (bicyclic) bond motifs is 3. The Kier molecular flexibility index (Phi) is 2.56. The number of nitrogens with zero attached hydrogens (tertiary/aromatic N) is 3. The van der Waals surface area contributed by atoms with Gasteiger partial charge in [0.1, 0.15) is 6.17 Å². The van der Waals surface area contributed by atoms with Crippen LogP contribution in [0.5, 0.6) is 0 Å². The summed E-state index contributed by atoms with van der Waals surface area (Å²) in [5, 5.41) is 9.07. The van der Waals surface area contributed by atoms with Crippen molar-refractivity contribution in [2.45, 2.75) is 32.9 Å². The lowest BCUT2D eigenvalue weighted by Gasteiger charge is -2.48. The molecule has 3 rings (SSSR count). The molecular formula is C16H19N3. The Morgan fingerprint density at radius 3 is 2.89 bits per heavy atom. The summed E-state index contributed by atoms with van der Waals surface area (Å²) in [5.41, 5.74) is 3.50. The van der Waals surface area contributed by atoms with E-state index < -0.39 is 0 Å². The van der Waals surface area contributed by atoms with Gasteiger partial charge in [0.15, 0.2) is 0 Å². The molecule has 0 fully saturated rings. The van der Waals surface area contributed by atoms with Crippen LogP contribution >= 0.6 is 0 Å². The molecule has 0 aliphatic carbocycles. The minimum absolute atomic E-state index is 0.208. The Balaban J connectivity index is 2.13. The molecule has 98 valence electrons. The molecule has 3 heteroatoms. The van der Waals surface area contributed by atoms with Gasteiger partial charge in [-0.3, -0.25) is 0 Å². The van der Waals surface area contributed by atoms with E-state index in [0.29, 0.717) is 6.17 Å². The van der Waals surface area contributed by atoms with Crippen molar-refractivity contribution in [2.75, 3.05) is 11.9 Å². The summed E-state index contributed by atoms with van der Waals surface area (Å²) in [7, 11) is 2.14. The van der Waals surface area contributed by atoms with Crippen molar-refractivity contribution in [2.24, 2.45) is 5.41 Å². The molecule has 2 heterocycles. The Morgan fingerprint density at radius 1 is 1.42 bits per heavy atom. The first-order chi connectivity index (χ1) is 9.09. The molecule has 0 bridgehead atoms. The van der Waals surface area contributed by atoms with E-state index in [1.165, 1.54) is 11.3 Å². The highest BCUT2D eigenvalue weighted by molar-refractivity contribution is 5.63. The average Bonchev–Trinajstić information content (AvgIpc) is 2.81. The molecule has 0 saturated carbocycles. The number of anilines is 1. The van der Waals surface area contributed by atoms with Crippen molar-refractivity contribution in [3.8, 4) is 6.07 Å². The lowest BCUT2D eigenvalue weighted by Crippen LogP contribution is -2.53. The van der Waals surface area contributed by atoms with Gasteiger partial charge < -0.3 is 9.80 Å². The first-order valence-electron chi connectivity index (χ1n) is 6.81. The summed E-state index contributed by atoms with van der Waals surface area (Å²) in [5.74, 6) is 0. The molecule has 2 aliphatic rings. The fourth-order valence-corrected chi connectivity index (χ4v) is 3.46. The monoisotopic (exact) mass is 253 g/mol. The fraction of sp³-hybridized carbons (Fsp3) is 0.438. The first kappa shape index (κ1) is 12.1. The van der Waals surface area contributed by atoms with E-state index in [2.05, 4.69) is 55.2 Å². The summed E-state index contributed by atoms with van der Waals surface area (Å²) in [6, 6.07) is 8.29. The molecule has 1 aromatic rings. The van der Waals surface area contributed by atoms with Gasteiger partial charge >= 0.3 is 0 Å². The highest BCUT2D eigenvalue weighted by Gasteiger charge is 2.45. The normalized spacial score (nSPS) is 28.0. The Labute approximate surface area is 114 Å². The zero-order valence-corrected chi connectivity index (χ0v) is 11.7. The summed E-state index contributed by atoms with van der Waals surface area (Å²) < 4.78 is 0. The standard InChI is InChI=1S/C16H19N3/c1-4-16(2)10-13-9-12(11-17)5-6-14(13)19-8-7-18(3)15(16)19/h5-9,15H,4,10H2,1-3H3. The third-order valence-electron chi connectivity index (χ3n) is 4.62. The molecule has 3 nitrogen and oxygen atoms in total. The molecule has 1 aromatic carbocycles. The summed E-state index contributed by atoms with van der Waals surface area (Å²) in [6.07, 6.45) is 6.84. The molecule has 2 unspecified atom stereocenters. The van der Waals surface area contributed by atoms with Crippen molar-refractivity contribution in [1.29, 1.82) is 5.26 Å². The lowest BCUT2D eigenvalue weighted by atomic mass is 9.74. The lowest BCUT2D eigenvalue weighted by molar-refractivity contribution is 0.135. The summed E-state index contributed by atoms with van der Waals surface area (Å²) in [6.45, 7) is 4.60. The second-order valence-corrected chi connectivity index (χ2v) is 5.88. The van der Waals surface area contributed by atoms with Crippen molar-refractivity contribution in [1.82, 2.24) is 4.90 Å². The van der Waals surface area contributed by atoms with E-state index >= 15 is 0 Å². The minimum atomic E-state index is 0.208. The van der Waals surface area contributed by atoms with Gasteiger partial charge in [0.2, 0.25) is 0 Å². The molecule has 19 heavy (non-hydrogen) atoms. The molecule has 0 saturated heterocycles. The molecule has 2 aliphatic heterocycles. The molecule has 0 radical (unpaired) electrons. The maximum absolute atomic E-state index is 9.07. The van der Waals surface area contributed by atoms with Crippen molar-refractivity contribution >= 4 is 5.69 Å². The number of hydrogen-bond donors (Lipinski definition) is 0. The van der Waals surface area contributed by atoms with Crippen molar-refractivity contribution < 1.29 is 0 Å². The van der Waals surface area contributed by atoms with E-state index in [4.69, 9.17) is 5.26 Å². The molecule has 0 N–H and O–H groups in total. The molecular weight excluding hydrogens is 234 g/mol. The fourth-order valence-electron chi connectivity index (χ4n) is 3.46. The van der Waals surface area contributed by atoms with Crippen molar-refractivity contribution in [3.63, 3.8) is 0 Å². The van der Waals surface area contributed by atoms with Gasteiger partial charge in [-0.25, -0.2) is 0 Å². The Morgan fingerprint density at radius 2 is 2.21 bits per heavy atom. The Hall–Kier alpha value is -1.95. The zero-order valence-electron chi connectivity index (χ0n) is 11.7. The molecule has 2 atom stereocenters. The van der Waals surface area contributed by atoms with E-state index in [1.807, 2.05) is 12.1 Å². The average molecular weight is 253 g/mol. The van der Waals surface area contributed by atoms with Crippen LogP contribution < -0.4 is 4.90 Å². The van der Waals surface area contributed by atoms with Gasteiger partial charge in [-0.2, -0.15) is 5.26 Å². The van der Waals surface area contributed by atoms with E-state index in [1.54, 1.807) is 0 Å². The van der Waals surface area contributed by atoms with Gasteiger partial charge in [-0.15, -0.1) is 0 Å². The summed E-state index contributed by atoms with van der Waals surface area (Å²) in [4.78, 5) is 4.65. The van der Waals surface area contributed by atoms with Gasteiger partial charge in [0.25, 0.3) is 0 Å². The highest BCUT2D eigenvalue weighted by Crippen LogP contribution is 2.46. The number of rotatable bonds is 1. The van der Waals surface area contributed by atoms with Crippen LogP contribution in [0.2, 0.25) is 0 Å². The highest BCUT2D eigenvalue weighted by atomic mass is 15.4. The Bertz CT molecular complexity index is 584. The maximum Gasteiger partial charge on any atom is 0.111 e. The van der Waals surface area contributed by atoms with Crippen LogP contribution in [0.3, 0.4) is 0 Å². The third-order valence-corrected chi connectivity index (χ3v) is 4.62. The van der Waals surface area contributed by atoms with Crippen molar-refractivity contribution in [3.05, 3.63) is 41.7 Å². The number of benzene rings is 1. The first-order valence-corrected chi connectivity index (χ1v) is 6.81. The van der Waals surface area contributed by atoms with Crippen LogP contribution in [0.15, 0.2) is 30.6 Å². The smallest absolute Gasteiger partial charge is 0.111 e. The molecule has 0 aromatic heterocycles. The predicted octanol–water partition coefficient (Wildman–Crippen LogP) is 3.08. The summed E-state index contributed by atoms with van der Waals surface area (Å²) >= 11 is 0. The van der Waals surface area contributed by atoms with Crippen LogP contribution in [0.4, 0.5) is 5.69 Å². The van der Waals surface area contributed by atoms with E-state index in [-0.39, 0.29) is 5.41 Å². The van der Waals surface area contributed by atoms with Gasteiger partial charge in [-0.05, 0) is 36.6 Å². The second-order valence-electron chi connectivity index (χ2n) is 5.88. The topological polar surface area (TPSA) is 30.3 Å². The van der Waals surface area contributed by atoms with E-state index in [9.17, 15) is 0 Å². The zero-order chi connectivity index (χ0) is 13.6. The number of nitriles is 1. The van der Waals surface area contributed by atoms with Crippen LogP contribution in [0.25, 0.3) is 0 Å². The minimum Gasteiger partial charge on any atom is -0.358 e. The predicted molar refractivity (Wildman–Crippen MR) is 76.4 cm³/mol. The van der Waals surface area contributed by atoms with Crippen LogP contribution in [0.1, 0.15) is 31.4 Å². The van der Waals surface area contributed by atoms with Crippen LogP contribution in [0, 0.1) is 16.7 Å². The van der Waals surface area contributed by atoms with Gasteiger partial charge in [0.05, 0.1) is 11.6 Å². The number of hydrogen-bond acceptors (Lipinski definition) is 3. The van der Waals surface area contributed by atoms with Gasteiger partial charge in [-0.1, -0.05) is 13.8 Å². The molecule has 0 spiro atoms. The van der Waals surface area contributed by atoms with Crippen LogP contribution in [-0.4, -0.2) is 18.1 Å². The third kappa shape index (κ3) is 1.63. The van der Waals surface area contributed by atoms with E-state index in [0.717, 1.165) is 18.4 Å². The SMILES string of the molecule is CCC1(C)Cc2cc(C#N)ccc2N2C=CN(C)C21.